The van der Waals surface area contributed by atoms with Gasteiger partial charge in [0, 0.05) is 6.54 Å². The first kappa shape index (κ1) is 13.8. The van der Waals surface area contributed by atoms with Gasteiger partial charge in [-0.15, -0.1) is 0 Å². The molecule has 1 aliphatic heterocycles. The summed E-state index contributed by atoms with van der Waals surface area (Å²) in [5.74, 6) is 0.904. The molecule has 0 saturated carbocycles. The van der Waals surface area contributed by atoms with E-state index in [1.165, 1.54) is 11.1 Å². The largest absolute Gasteiger partial charge is 0.486 e. The Labute approximate surface area is 126 Å². The number of para-hydroxylation sites is 1. The molecule has 0 amide bonds. The first-order valence-corrected chi connectivity index (χ1v) is 7.53. The number of nitrogen functional groups attached to an aromatic ring is 1. The Kier molecular flexibility index (Phi) is 3.74. The summed E-state index contributed by atoms with van der Waals surface area (Å²) >= 11 is 0. The van der Waals surface area contributed by atoms with Crippen LogP contribution in [0.25, 0.3) is 0 Å². The summed E-state index contributed by atoms with van der Waals surface area (Å²) in [6.07, 6.45) is 1.22. The first-order chi connectivity index (χ1) is 10.2. The van der Waals surface area contributed by atoms with Gasteiger partial charge in [0.15, 0.2) is 0 Å². The number of hydrogen-bond acceptors (Lipinski definition) is 3. The van der Waals surface area contributed by atoms with Crippen LogP contribution in [0.5, 0.6) is 5.75 Å². The summed E-state index contributed by atoms with van der Waals surface area (Å²) in [5.41, 5.74) is 10.7. The van der Waals surface area contributed by atoms with Gasteiger partial charge < -0.3 is 15.4 Å². The van der Waals surface area contributed by atoms with Gasteiger partial charge in [-0.2, -0.15) is 0 Å². The standard InChI is InChI=1S/C18H22N2O/c1-3-15-12-20(11-14-8-5-4-7-13(14)2)18-16(19)9-6-10-17(18)21-15/h4-10,15H,3,11-12,19H2,1-2H3. The highest BCUT2D eigenvalue weighted by molar-refractivity contribution is 5.75. The second-order valence-corrected chi connectivity index (χ2v) is 5.65. The number of nitrogens with two attached hydrogens (primary N) is 1. The van der Waals surface area contributed by atoms with Gasteiger partial charge in [-0.25, -0.2) is 0 Å². The third-order valence-corrected chi connectivity index (χ3v) is 4.14. The molecule has 110 valence electrons. The number of ether oxygens (including phenoxy) is 1. The van der Waals surface area contributed by atoms with Crippen LogP contribution in [-0.2, 0) is 6.54 Å². The summed E-state index contributed by atoms with van der Waals surface area (Å²) in [7, 11) is 0. The molecule has 3 nitrogen and oxygen atoms in total. The van der Waals surface area contributed by atoms with Gasteiger partial charge in [-0.1, -0.05) is 37.3 Å². The maximum Gasteiger partial charge on any atom is 0.145 e. The fourth-order valence-electron chi connectivity index (χ4n) is 2.88. The highest BCUT2D eigenvalue weighted by atomic mass is 16.5. The lowest BCUT2D eigenvalue weighted by Gasteiger charge is -2.37. The lowest BCUT2D eigenvalue weighted by molar-refractivity contribution is 0.189. The molecule has 3 heteroatoms. The normalized spacial score (nSPS) is 17.2. The molecule has 2 aromatic rings. The number of rotatable bonds is 3. The lowest BCUT2D eigenvalue weighted by atomic mass is 10.1. The molecule has 1 atom stereocenters. The van der Waals surface area contributed by atoms with Crippen LogP contribution in [0.1, 0.15) is 24.5 Å². The Balaban J connectivity index is 1.96. The van der Waals surface area contributed by atoms with Crippen molar-refractivity contribution in [1.82, 2.24) is 0 Å². The van der Waals surface area contributed by atoms with Crippen molar-refractivity contribution < 1.29 is 4.74 Å². The van der Waals surface area contributed by atoms with Crippen molar-refractivity contribution in [1.29, 1.82) is 0 Å². The number of aryl methyl sites for hydroxylation is 1. The number of fused-ring (bicyclic) bond motifs is 1. The monoisotopic (exact) mass is 282 g/mol. The smallest absolute Gasteiger partial charge is 0.145 e. The zero-order chi connectivity index (χ0) is 14.8. The third kappa shape index (κ3) is 2.68. The summed E-state index contributed by atoms with van der Waals surface area (Å²) in [6.45, 7) is 6.07. The van der Waals surface area contributed by atoms with Crippen LogP contribution in [0.4, 0.5) is 11.4 Å². The van der Waals surface area contributed by atoms with E-state index >= 15 is 0 Å². The first-order valence-electron chi connectivity index (χ1n) is 7.53. The zero-order valence-corrected chi connectivity index (χ0v) is 12.7. The van der Waals surface area contributed by atoms with Crippen LogP contribution in [-0.4, -0.2) is 12.6 Å². The molecule has 0 aromatic heterocycles. The summed E-state index contributed by atoms with van der Waals surface area (Å²) in [4.78, 5) is 2.35. The fourth-order valence-corrected chi connectivity index (χ4v) is 2.88. The van der Waals surface area contributed by atoms with Crippen LogP contribution in [0.15, 0.2) is 42.5 Å². The summed E-state index contributed by atoms with van der Waals surface area (Å²) in [6, 6.07) is 14.4. The van der Waals surface area contributed by atoms with E-state index in [0.29, 0.717) is 0 Å². The van der Waals surface area contributed by atoms with E-state index in [0.717, 1.165) is 36.6 Å². The molecule has 0 radical (unpaired) electrons. The highest BCUT2D eigenvalue weighted by Gasteiger charge is 2.26. The fraction of sp³-hybridized carbons (Fsp3) is 0.333. The van der Waals surface area contributed by atoms with Crippen LogP contribution in [0.3, 0.4) is 0 Å². The van der Waals surface area contributed by atoms with Crippen molar-refractivity contribution in [3.63, 3.8) is 0 Å². The topological polar surface area (TPSA) is 38.5 Å². The predicted octanol–water partition coefficient (Wildman–Crippen LogP) is 3.75. The van der Waals surface area contributed by atoms with E-state index in [9.17, 15) is 0 Å². The molecule has 0 saturated heterocycles. The molecule has 1 unspecified atom stereocenters. The predicted molar refractivity (Wildman–Crippen MR) is 87.8 cm³/mol. The molecule has 2 N–H and O–H groups in total. The molecular formula is C18H22N2O. The maximum atomic E-state index is 6.19. The van der Waals surface area contributed by atoms with E-state index in [2.05, 4.69) is 43.0 Å². The van der Waals surface area contributed by atoms with Gasteiger partial charge in [-0.05, 0) is 36.6 Å². The molecular weight excluding hydrogens is 260 g/mol. The average molecular weight is 282 g/mol. The van der Waals surface area contributed by atoms with Crippen molar-refractivity contribution in [3.8, 4) is 5.75 Å². The van der Waals surface area contributed by atoms with Crippen molar-refractivity contribution in [3.05, 3.63) is 53.6 Å². The van der Waals surface area contributed by atoms with Crippen molar-refractivity contribution >= 4 is 11.4 Å². The molecule has 0 spiro atoms. The minimum absolute atomic E-state index is 0.225. The number of hydrogen-bond donors (Lipinski definition) is 1. The Morgan fingerprint density at radius 2 is 2.00 bits per heavy atom. The van der Waals surface area contributed by atoms with Crippen molar-refractivity contribution in [2.24, 2.45) is 0 Å². The number of benzene rings is 2. The zero-order valence-electron chi connectivity index (χ0n) is 12.7. The molecule has 3 rings (SSSR count). The number of anilines is 2. The molecule has 21 heavy (non-hydrogen) atoms. The Morgan fingerprint density at radius 3 is 2.76 bits per heavy atom. The van der Waals surface area contributed by atoms with Gasteiger partial charge >= 0.3 is 0 Å². The van der Waals surface area contributed by atoms with Gasteiger partial charge in [0.25, 0.3) is 0 Å². The van der Waals surface area contributed by atoms with E-state index in [4.69, 9.17) is 10.5 Å². The maximum absolute atomic E-state index is 6.19. The van der Waals surface area contributed by atoms with Crippen molar-refractivity contribution in [2.45, 2.75) is 32.9 Å². The molecule has 1 aliphatic rings. The van der Waals surface area contributed by atoms with E-state index in [1.54, 1.807) is 0 Å². The quantitative estimate of drug-likeness (QED) is 0.871. The summed E-state index contributed by atoms with van der Waals surface area (Å²) < 4.78 is 6.04. The Bertz CT molecular complexity index is 639. The van der Waals surface area contributed by atoms with Crippen LogP contribution >= 0.6 is 0 Å². The number of nitrogens with zero attached hydrogens (tertiary/aromatic N) is 1. The van der Waals surface area contributed by atoms with Crippen LogP contribution in [0, 0.1) is 6.92 Å². The second-order valence-electron chi connectivity index (χ2n) is 5.65. The van der Waals surface area contributed by atoms with Crippen molar-refractivity contribution in [2.75, 3.05) is 17.2 Å². The van der Waals surface area contributed by atoms with E-state index in [-0.39, 0.29) is 6.10 Å². The second kappa shape index (κ2) is 5.68. The third-order valence-electron chi connectivity index (χ3n) is 4.14. The van der Waals surface area contributed by atoms with E-state index < -0.39 is 0 Å². The van der Waals surface area contributed by atoms with Gasteiger partial charge in [0.1, 0.15) is 17.5 Å². The molecule has 0 aliphatic carbocycles. The molecule has 0 fully saturated rings. The van der Waals surface area contributed by atoms with Crippen LogP contribution < -0.4 is 15.4 Å². The minimum atomic E-state index is 0.225. The Hall–Kier alpha value is -2.16. The molecule has 2 aromatic carbocycles. The lowest BCUT2D eigenvalue weighted by Crippen LogP contribution is -2.39. The van der Waals surface area contributed by atoms with E-state index in [1.807, 2.05) is 18.2 Å². The summed E-state index contributed by atoms with van der Waals surface area (Å²) in [5, 5.41) is 0. The molecule has 1 heterocycles. The molecule has 0 bridgehead atoms. The van der Waals surface area contributed by atoms with Crippen LogP contribution in [0.2, 0.25) is 0 Å². The van der Waals surface area contributed by atoms with Gasteiger partial charge in [-0.3, -0.25) is 0 Å². The highest BCUT2D eigenvalue weighted by Crippen LogP contribution is 2.39. The minimum Gasteiger partial charge on any atom is -0.486 e. The SMILES string of the molecule is CCC1CN(Cc2ccccc2C)c2c(N)cccc2O1. The Morgan fingerprint density at radius 1 is 1.19 bits per heavy atom. The van der Waals surface area contributed by atoms with Gasteiger partial charge in [0.2, 0.25) is 0 Å². The average Bonchev–Trinajstić information content (AvgIpc) is 2.49. The van der Waals surface area contributed by atoms with Gasteiger partial charge in [0.05, 0.1) is 12.2 Å².